The number of rotatable bonds is 5. The molecule has 0 radical (unpaired) electrons. The van der Waals surface area contributed by atoms with Crippen molar-refractivity contribution in [1.82, 2.24) is 4.90 Å². The molecule has 0 atom stereocenters. The number of benzene rings is 2. The lowest BCUT2D eigenvalue weighted by Gasteiger charge is -2.35. The Morgan fingerprint density at radius 3 is 2.39 bits per heavy atom. The minimum Gasteiger partial charge on any atom is -0.457 e. The van der Waals surface area contributed by atoms with Crippen molar-refractivity contribution in [3.05, 3.63) is 77.0 Å². The zero-order valence-corrected chi connectivity index (χ0v) is 19.4. The van der Waals surface area contributed by atoms with Crippen LogP contribution in [0.2, 0.25) is 5.02 Å². The molecule has 1 fully saturated rings. The van der Waals surface area contributed by atoms with Gasteiger partial charge in [0.05, 0.1) is 0 Å². The summed E-state index contributed by atoms with van der Waals surface area (Å²) in [7, 11) is 0. The van der Waals surface area contributed by atoms with Gasteiger partial charge in [-0.25, -0.2) is 0 Å². The van der Waals surface area contributed by atoms with Gasteiger partial charge in [-0.1, -0.05) is 23.7 Å². The number of amides is 2. The molecule has 0 unspecified atom stereocenters. The number of carbonyl (C=O) groups is 2. The third kappa shape index (κ3) is 5.65. The van der Waals surface area contributed by atoms with Crippen LogP contribution in [0.3, 0.4) is 0 Å². The molecule has 1 saturated heterocycles. The second-order valence-corrected chi connectivity index (χ2v) is 8.44. The summed E-state index contributed by atoms with van der Waals surface area (Å²) in [4.78, 5) is 27.9. The van der Waals surface area contributed by atoms with Gasteiger partial charge in [-0.3, -0.25) is 9.59 Å². The van der Waals surface area contributed by atoms with Crippen LogP contribution in [0.25, 0.3) is 17.4 Å². The largest absolute Gasteiger partial charge is 0.457 e. The molecule has 170 valence electrons. The molecule has 6 nitrogen and oxygen atoms in total. The number of halogens is 1. The number of carbonyl (C=O) groups excluding carboxylic acids is 2. The van der Waals surface area contributed by atoms with Crippen molar-refractivity contribution in [2.75, 3.05) is 36.4 Å². The first-order valence-electron chi connectivity index (χ1n) is 10.8. The van der Waals surface area contributed by atoms with E-state index in [-0.39, 0.29) is 11.8 Å². The Morgan fingerprint density at radius 1 is 1.00 bits per heavy atom. The van der Waals surface area contributed by atoms with E-state index in [4.69, 9.17) is 16.0 Å². The van der Waals surface area contributed by atoms with Gasteiger partial charge in [0.25, 0.3) is 0 Å². The monoisotopic (exact) mass is 463 g/mol. The molecule has 1 aliphatic rings. The second kappa shape index (κ2) is 9.96. The van der Waals surface area contributed by atoms with Crippen LogP contribution in [-0.2, 0) is 9.59 Å². The number of nitrogens with one attached hydrogen (secondary N) is 1. The topological polar surface area (TPSA) is 65.8 Å². The summed E-state index contributed by atoms with van der Waals surface area (Å²) in [6.07, 6.45) is 3.08. The van der Waals surface area contributed by atoms with Crippen molar-refractivity contribution < 1.29 is 14.0 Å². The van der Waals surface area contributed by atoms with Crippen LogP contribution >= 0.6 is 11.6 Å². The lowest BCUT2D eigenvalue weighted by Crippen LogP contribution is -2.48. The minimum atomic E-state index is -0.242. The fourth-order valence-electron chi connectivity index (χ4n) is 3.72. The highest BCUT2D eigenvalue weighted by atomic mass is 35.5. The number of anilines is 2. The first-order chi connectivity index (χ1) is 15.9. The van der Waals surface area contributed by atoms with Crippen molar-refractivity contribution >= 4 is 40.9 Å². The molecule has 2 aromatic carbocycles. The molecule has 0 aliphatic carbocycles. The third-order valence-electron chi connectivity index (χ3n) is 5.71. The van der Waals surface area contributed by atoms with Gasteiger partial charge in [-0.05, 0) is 61.0 Å². The van der Waals surface area contributed by atoms with Crippen molar-refractivity contribution in [3.63, 3.8) is 0 Å². The van der Waals surface area contributed by atoms with E-state index in [0.717, 1.165) is 43.0 Å². The number of hydrogen-bond acceptors (Lipinski definition) is 4. The summed E-state index contributed by atoms with van der Waals surface area (Å²) in [6, 6.07) is 17.1. The van der Waals surface area contributed by atoms with Gasteiger partial charge in [-0.2, -0.15) is 0 Å². The Bertz CT molecular complexity index is 1180. The zero-order chi connectivity index (χ0) is 23.4. The summed E-state index contributed by atoms with van der Waals surface area (Å²) in [5.74, 6) is 1.15. The van der Waals surface area contributed by atoms with E-state index in [1.54, 1.807) is 13.0 Å². The van der Waals surface area contributed by atoms with Gasteiger partial charge >= 0.3 is 0 Å². The molecule has 0 saturated carbocycles. The van der Waals surface area contributed by atoms with Crippen LogP contribution in [0.5, 0.6) is 0 Å². The van der Waals surface area contributed by atoms with Crippen LogP contribution in [0.1, 0.15) is 18.2 Å². The maximum Gasteiger partial charge on any atom is 0.248 e. The number of nitrogens with zero attached hydrogens (tertiary/aromatic N) is 2. The number of aryl methyl sites for hydroxylation is 1. The Hall–Kier alpha value is -3.51. The van der Waals surface area contributed by atoms with Crippen LogP contribution in [0.4, 0.5) is 11.4 Å². The molecule has 2 heterocycles. The van der Waals surface area contributed by atoms with E-state index in [0.29, 0.717) is 22.2 Å². The van der Waals surface area contributed by atoms with E-state index in [1.165, 1.54) is 6.08 Å². The fraction of sp³-hybridized carbons (Fsp3) is 0.231. The first-order valence-corrected chi connectivity index (χ1v) is 11.2. The number of piperazine rings is 1. The summed E-state index contributed by atoms with van der Waals surface area (Å²) in [5, 5.41) is 3.55. The summed E-state index contributed by atoms with van der Waals surface area (Å²) in [6.45, 7) is 6.60. The smallest absolute Gasteiger partial charge is 0.248 e. The quantitative estimate of drug-likeness (QED) is 0.526. The highest BCUT2D eigenvalue weighted by molar-refractivity contribution is 6.31. The SMILES string of the molecule is CC(=O)N1CCN(c2ccc(NC(=O)/C=C/c3ccc(-c4ccc(C)c(Cl)c4)o3)cc2)CC1. The number of hydrogen-bond donors (Lipinski definition) is 1. The van der Waals surface area contributed by atoms with Gasteiger partial charge in [-0.15, -0.1) is 0 Å². The lowest BCUT2D eigenvalue weighted by atomic mass is 10.1. The van der Waals surface area contributed by atoms with E-state index in [9.17, 15) is 9.59 Å². The highest BCUT2D eigenvalue weighted by Gasteiger charge is 2.18. The van der Waals surface area contributed by atoms with Crippen LogP contribution < -0.4 is 10.2 Å². The molecular formula is C26H26ClN3O3. The molecule has 0 spiro atoms. The van der Waals surface area contributed by atoms with E-state index >= 15 is 0 Å². The maximum absolute atomic E-state index is 12.3. The van der Waals surface area contributed by atoms with Gasteiger partial charge in [0, 0.05) is 61.1 Å². The second-order valence-electron chi connectivity index (χ2n) is 8.03. The summed E-state index contributed by atoms with van der Waals surface area (Å²) >= 11 is 6.20. The molecule has 2 amide bonds. The maximum atomic E-state index is 12.3. The fourth-order valence-corrected chi connectivity index (χ4v) is 3.90. The van der Waals surface area contributed by atoms with Gasteiger partial charge in [0.1, 0.15) is 11.5 Å². The Balaban J connectivity index is 1.32. The van der Waals surface area contributed by atoms with Crippen molar-refractivity contribution in [3.8, 4) is 11.3 Å². The Morgan fingerprint density at radius 2 is 1.73 bits per heavy atom. The van der Waals surface area contributed by atoms with Crippen LogP contribution in [0, 0.1) is 6.92 Å². The normalized spacial score (nSPS) is 14.0. The molecule has 1 aromatic heterocycles. The van der Waals surface area contributed by atoms with Gasteiger partial charge in [0.2, 0.25) is 11.8 Å². The van der Waals surface area contributed by atoms with Crippen molar-refractivity contribution in [2.24, 2.45) is 0 Å². The predicted octanol–water partition coefficient (Wildman–Crippen LogP) is 5.23. The van der Waals surface area contributed by atoms with Gasteiger partial charge < -0.3 is 19.5 Å². The third-order valence-corrected chi connectivity index (χ3v) is 6.11. The molecule has 1 N–H and O–H groups in total. The van der Waals surface area contributed by atoms with E-state index in [1.807, 2.05) is 66.4 Å². The standard InChI is InChI=1S/C26H26ClN3O3/c1-18-3-4-20(17-24(18)27)25-11-9-23(33-25)10-12-26(32)28-21-5-7-22(8-6-21)30-15-13-29(14-16-30)19(2)31/h3-12,17H,13-16H2,1-2H3,(H,28,32)/b12-10+. The minimum absolute atomic E-state index is 0.117. The average molecular weight is 464 g/mol. The number of furan rings is 1. The predicted molar refractivity (Wildman–Crippen MR) is 132 cm³/mol. The van der Waals surface area contributed by atoms with Crippen LogP contribution in [-0.4, -0.2) is 42.9 Å². The molecule has 7 heteroatoms. The molecule has 1 aliphatic heterocycles. The molecule has 4 rings (SSSR count). The highest BCUT2D eigenvalue weighted by Crippen LogP contribution is 2.27. The Kier molecular flexibility index (Phi) is 6.84. The van der Waals surface area contributed by atoms with Crippen molar-refractivity contribution in [1.29, 1.82) is 0 Å². The molecule has 0 bridgehead atoms. The van der Waals surface area contributed by atoms with Crippen molar-refractivity contribution in [2.45, 2.75) is 13.8 Å². The molecule has 3 aromatic rings. The zero-order valence-electron chi connectivity index (χ0n) is 18.7. The molecule has 33 heavy (non-hydrogen) atoms. The van der Waals surface area contributed by atoms with E-state index in [2.05, 4.69) is 10.2 Å². The van der Waals surface area contributed by atoms with Crippen LogP contribution in [0.15, 0.2) is 65.1 Å². The Labute approximate surface area is 198 Å². The molecular weight excluding hydrogens is 438 g/mol. The first kappa shape index (κ1) is 22.7. The lowest BCUT2D eigenvalue weighted by molar-refractivity contribution is -0.129. The summed E-state index contributed by atoms with van der Waals surface area (Å²) in [5.41, 5.74) is 3.68. The van der Waals surface area contributed by atoms with Gasteiger partial charge in [0.15, 0.2) is 0 Å². The van der Waals surface area contributed by atoms with E-state index < -0.39 is 0 Å². The average Bonchev–Trinajstić information content (AvgIpc) is 3.29. The summed E-state index contributed by atoms with van der Waals surface area (Å²) < 4.78 is 5.81.